The van der Waals surface area contributed by atoms with E-state index in [9.17, 15) is 14.7 Å². The molecule has 0 spiro atoms. The van der Waals surface area contributed by atoms with Gasteiger partial charge in [0.2, 0.25) is 5.91 Å². The van der Waals surface area contributed by atoms with E-state index in [1.54, 1.807) is 0 Å². The second kappa shape index (κ2) is 10.0. The number of aryl methyl sites for hydroxylation is 1. The Labute approximate surface area is 225 Å². The lowest BCUT2D eigenvalue weighted by atomic mass is 10.1. The van der Waals surface area contributed by atoms with Crippen LogP contribution in [0.1, 0.15) is 45.7 Å². The number of hydrogen-bond acceptors (Lipinski definition) is 6. The average molecular weight is 521 g/mol. The molecule has 2 aliphatic carbocycles. The minimum Gasteiger partial charge on any atom is -0.395 e. The quantitative estimate of drug-likeness (QED) is 0.622. The van der Waals surface area contributed by atoms with Crippen molar-refractivity contribution in [3.05, 3.63) is 46.3 Å². The number of hydrogen-bond donors (Lipinski definition) is 1. The van der Waals surface area contributed by atoms with Crippen LogP contribution >= 0.6 is 0 Å². The maximum absolute atomic E-state index is 13.6. The number of anilines is 1. The van der Waals surface area contributed by atoms with Gasteiger partial charge in [-0.15, -0.1) is 0 Å². The van der Waals surface area contributed by atoms with Gasteiger partial charge < -0.3 is 19.8 Å². The molecule has 3 fully saturated rings. The molecule has 1 saturated carbocycles. The van der Waals surface area contributed by atoms with Crippen LogP contribution in [0.2, 0.25) is 0 Å². The summed E-state index contributed by atoms with van der Waals surface area (Å²) in [6.45, 7) is 13.4. The summed E-state index contributed by atoms with van der Waals surface area (Å²) in [6, 6.07) is 6.42. The summed E-state index contributed by atoms with van der Waals surface area (Å²) in [5.74, 6) is 1.66. The smallest absolute Gasteiger partial charge is 0.274 e. The number of carbonyl (C=O) groups excluding carboxylic acids is 2. The number of β-amino-alcohol motifs (C(OH)–C–C–N with tert-alkyl or cyclic N) is 1. The molecule has 9 heteroatoms. The Morgan fingerprint density at radius 2 is 1.71 bits per heavy atom. The summed E-state index contributed by atoms with van der Waals surface area (Å²) in [4.78, 5) is 35.4. The molecule has 38 heavy (non-hydrogen) atoms. The number of aliphatic hydroxyl groups excluding tert-OH is 1. The molecule has 3 atom stereocenters. The van der Waals surface area contributed by atoms with Crippen molar-refractivity contribution >= 4 is 17.5 Å². The molecule has 4 aliphatic rings. The topological polar surface area (TPSA) is 85.2 Å². The van der Waals surface area contributed by atoms with Crippen molar-refractivity contribution in [3.63, 3.8) is 0 Å². The number of aliphatic hydroxyl groups is 1. The molecule has 2 saturated heterocycles. The van der Waals surface area contributed by atoms with Crippen LogP contribution in [0.3, 0.4) is 0 Å². The minimum atomic E-state index is -0.00186. The van der Waals surface area contributed by atoms with E-state index in [1.807, 2.05) is 14.5 Å². The Bertz CT molecular complexity index is 1230. The summed E-state index contributed by atoms with van der Waals surface area (Å²) in [7, 11) is 0. The Hall–Kier alpha value is -2.91. The van der Waals surface area contributed by atoms with E-state index >= 15 is 0 Å². The van der Waals surface area contributed by atoms with Gasteiger partial charge in [-0.05, 0) is 55.2 Å². The second-order valence-electron chi connectivity index (χ2n) is 11.6. The highest BCUT2D eigenvalue weighted by Crippen LogP contribution is 2.62. The normalized spacial score (nSPS) is 24.9. The first-order valence-corrected chi connectivity index (χ1v) is 14.2. The number of piperazine rings is 2. The fourth-order valence-electron chi connectivity index (χ4n) is 6.89. The van der Waals surface area contributed by atoms with Crippen LogP contribution in [0, 0.1) is 25.7 Å². The van der Waals surface area contributed by atoms with E-state index in [2.05, 4.69) is 48.8 Å². The monoisotopic (exact) mass is 520 g/mol. The maximum Gasteiger partial charge on any atom is 0.274 e. The van der Waals surface area contributed by atoms with Gasteiger partial charge in [-0.2, -0.15) is 5.10 Å². The Morgan fingerprint density at radius 1 is 1.00 bits per heavy atom. The van der Waals surface area contributed by atoms with Crippen molar-refractivity contribution in [2.75, 3.05) is 70.4 Å². The highest BCUT2D eigenvalue weighted by Gasteiger charge is 2.56. The zero-order chi connectivity index (χ0) is 26.6. The van der Waals surface area contributed by atoms with Gasteiger partial charge in [0.25, 0.3) is 5.91 Å². The summed E-state index contributed by atoms with van der Waals surface area (Å²) < 4.78 is 1.85. The molecular formula is C29H40N6O3. The summed E-state index contributed by atoms with van der Waals surface area (Å²) in [5.41, 5.74) is 6.63. The molecule has 1 aromatic heterocycles. The van der Waals surface area contributed by atoms with Crippen LogP contribution in [0.25, 0.3) is 0 Å². The van der Waals surface area contributed by atoms with E-state index in [1.165, 1.54) is 16.8 Å². The average Bonchev–Trinajstić information content (AvgIpc) is 3.23. The summed E-state index contributed by atoms with van der Waals surface area (Å²) in [5, 5.41) is 14.0. The maximum atomic E-state index is 13.6. The van der Waals surface area contributed by atoms with Crippen LogP contribution in [0.5, 0.6) is 0 Å². The summed E-state index contributed by atoms with van der Waals surface area (Å²) in [6.07, 6.45) is 0.916. The van der Waals surface area contributed by atoms with Gasteiger partial charge in [0.1, 0.15) is 6.54 Å². The van der Waals surface area contributed by atoms with Gasteiger partial charge in [0.15, 0.2) is 5.69 Å². The fourth-order valence-corrected chi connectivity index (χ4v) is 6.89. The van der Waals surface area contributed by atoms with Crippen LogP contribution in [0.4, 0.5) is 5.69 Å². The van der Waals surface area contributed by atoms with Crippen molar-refractivity contribution < 1.29 is 14.7 Å². The lowest BCUT2D eigenvalue weighted by molar-refractivity contribution is -0.132. The largest absolute Gasteiger partial charge is 0.395 e. The molecular weight excluding hydrogens is 480 g/mol. The van der Waals surface area contributed by atoms with Crippen molar-refractivity contribution in [2.45, 2.75) is 39.7 Å². The van der Waals surface area contributed by atoms with Crippen LogP contribution in [0.15, 0.2) is 18.2 Å². The number of amides is 2. The highest BCUT2D eigenvalue weighted by molar-refractivity contribution is 5.95. The molecule has 3 unspecified atom stereocenters. The van der Waals surface area contributed by atoms with Gasteiger partial charge in [-0.3, -0.25) is 19.2 Å². The van der Waals surface area contributed by atoms with Gasteiger partial charge in [-0.25, -0.2) is 0 Å². The first-order valence-electron chi connectivity index (χ1n) is 14.2. The van der Waals surface area contributed by atoms with Crippen molar-refractivity contribution in [1.82, 2.24) is 24.5 Å². The first-order chi connectivity index (χ1) is 18.4. The van der Waals surface area contributed by atoms with Crippen LogP contribution < -0.4 is 4.90 Å². The van der Waals surface area contributed by atoms with E-state index in [0.29, 0.717) is 56.2 Å². The van der Waals surface area contributed by atoms with Crippen molar-refractivity contribution in [1.29, 1.82) is 0 Å². The number of rotatable bonds is 6. The number of benzene rings is 1. The molecule has 0 radical (unpaired) electrons. The van der Waals surface area contributed by atoms with Gasteiger partial charge in [-0.1, -0.05) is 19.1 Å². The zero-order valence-corrected chi connectivity index (χ0v) is 22.9. The van der Waals surface area contributed by atoms with Crippen molar-refractivity contribution in [3.8, 4) is 0 Å². The van der Waals surface area contributed by atoms with Crippen LogP contribution in [-0.2, 0) is 17.8 Å². The fraction of sp³-hybridized carbons (Fsp3) is 0.621. The predicted octanol–water partition coefficient (Wildman–Crippen LogP) is 1.50. The van der Waals surface area contributed by atoms with E-state index in [0.717, 1.165) is 43.9 Å². The van der Waals surface area contributed by atoms with E-state index in [4.69, 9.17) is 5.10 Å². The predicted molar refractivity (Wildman–Crippen MR) is 145 cm³/mol. The minimum absolute atomic E-state index is 0.00186. The van der Waals surface area contributed by atoms with Gasteiger partial charge in [0, 0.05) is 75.8 Å². The first kappa shape index (κ1) is 25.4. The Balaban J connectivity index is 1.14. The third-order valence-electron chi connectivity index (χ3n) is 9.54. The molecule has 1 aromatic carbocycles. The number of carbonyl (C=O) groups is 2. The van der Waals surface area contributed by atoms with Gasteiger partial charge in [0.05, 0.1) is 6.61 Å². The Morgan fingerprint density at radius 3 is 2.42 bits per heavy atom. The highest BCUT2D eigenvalue weighted by atomic mass is 16.3. The number of nitrogens with zero attached hydrogens (tertiary/aromatic N) is 6. The van der Waals surface area contributed by atoms with Crippen LogP contribution in [-0.4, -0.2) is 107 Å². The Kier molecular flexibility index (Phi) is 6.68. The SMILES string of the molecule is Cc1cccc(N2CCN(C(=O)Cn3nc(C(=O)N4CCN(CCO)CC4)c4c3CC3C(C)C43)CC2)c1C. The standard InChI is InChI=1S/C29H40N6O3/c1-19-5-4-6-23(20(19)2)32-11-13-33(14-12-32)25(37)18-35-24-17-22-21(3)26(22)27(24)28(30-35)29(38)34-9-7-31(8-10-34)15-16-36/h4-6,21-22,26,36H,7-18H2,1-3H3. The van der Waals surface area contributed by atoms with Crippen molar-refractivity contribution in [2.24, 2.45) is 11.8 Å². The second-order valence-corrected chi connectivity index (χ2v) is 11.6. The number of aromatic nitrogens is 2. The molecule has 9 nitrogen and oxygen atoms in total. The molecule has 2 amide bonds. The van der Waals surface area contributed by atoms with E-state index < -0.39 is 0 Å². The molecule has 2 aliphatic heterocycles. The third kappa shape index (κ3) is 4.39. The molecule has 204 valence electrons. The lowest BCUT2D eigenvalue weighted by Gasteiger charge is -2.37. The lowest BCUT2D eigenvalue weighted by Crippen LogP contribution is -2.50. The molecule has 1 N–H and O–H groups in total. The molecule has 6 rings (SSSR count). The third-order valence-corrected chi connectivity index (χ3v) is 9.54. The summed E-state index contributed by atoms with van der Waals surface area (Å²) >= 11 is 0. The molecule has 0 bridgehead atoms. The molecule has 2 aromatic rings. The molecule has 3 heterocycles. The number of fused-ring (bicyclic) bond motifs is 3. The van der Waals surface area contributed by atoms with E-state index in [-0.39, 0.29) is 25.0 Å². The zero-order valence-electron chi connectivity index (χ0n) is 22.9. The van der Waals surface area contributed by atoms with Gasteiger partial charge >= 0.3 is 0 Å².